The van der Waals surface area contributed by atoms with E-state index < -0.39 is 0 Å². The number of Topliss-reactive ketones (excluding diaryl/α,β-unsaturated/α-hetero) is 1. The number of hydrogen-bond acceptors (Lipinski definition) is 2. The molecule has 2 nitrogen and oxygen atoms in total. The molecule has 0 saturated carbocycles. The van der Waals surface area contributed by atoms with Crippen LogP contribution in [0.4, 0.5) is 0 Å². The van der Waals surface area contributed by atoms with Crippen molar-refractivity contribution in [1.29, 1.82) is 0 Å². The van der Waals surface area contributed by atoms with Crippen molar-refractivity contribution in [2.75, 3.05) is 0 Å². The fourth-order valence-corrected chi connectivity index (χ4v) is 4.30. The Kier molecular flexibility index (Phi) is 16.9. The summed E-state index contributed by atoms with van der Waals surface area (Å²) in [4.78, 5) is 12.0. The predicted octanol–water partition coefficient (Wildman–Crippen LogP) is 8.29. The third-order valence-electron chi connectivity index (χ3n) is 6.63. The Bertz CT molecular complexity index is 509. The van der Waals surface area contributed by atoms with Crippen LogP contribution in [0.25, 0.3) is 0 Å². The van der Waals surface area contributed by atoms with E-state index in [4.69, 9.17) is 0 Å². The molecule has 2 heteroatoms. The average Bonchev–Trinajstić information content (AvgIpc) is 2.73. The highest BCUT2D eigenvalue weighted by atomic mass is 16.1. The maximum atomic E-state index is 12.0. The second-order valence-corrected chi connectivity index (χ2v) is 9.95. The lowest BCUT2D eigenvalue weighted by Crippen LogP contribution is -2.42. The molecule has 5 atom stereocenters. The van der Waals surface area contributed by atoms with Crippen molar-refractivity contribution >= 4 is 5.78 Å². The Labute approximate surface area is 195 Å². The van der Waals surface area contributed by atoms with E-state index in [2.05, 4.69) is 78.9 Å². The molecule has 0 heterocycles. The first-order valence-electron chi connectivity index (χ1n) is 12.9. The van der Waals surface area contributed by atoms with Gasteiger partial charge in [0.2, 0.25) is 0 Å². The lowest BCUT2D eigenvalue weighted by molar-refractivity contribution is -0.119. The number of hydrogen-bond donors (Lipinski definition) is 1. The second-order valence-electron chi connectivity index (χ2n) is 9.95. The van der Waals surface area contributed by atoms with E-state index in [-0.39, 0.29) is 0 Å². The Balaban J connectivity index is 4.25. The van der Waals surface area contributed by atoms with Crippen LogP contribution in [-0.2, 0) is 4.79 Å². The quantitative estimate of drug-likeness (QED) is 0.127. The van der Waals surface area contributed by atoms with Gasteiger partial charge in [0.1, 0.15) is 5.78 Å². The molecule has 0 aromatic heterocycles. The van der Waals surface area contributed by atoms with Crippen molar-refractivity contribution in [2.24, 2.45) is 17.8 Å². The van der Waals surface area contributed by atoms with Crippen LogP contribution in [-0.4, -0.2) is 17.9 Å². The van der Waals surface area contributed by atoms with E-state index in [1.54, 1.807) is 0 Å². The number of unbranched alkanes of at least 4 members (excludes halogenated alkanes) is 1. The molecule has 0 spiro atoms. The zero-order chi connectivity index (χ0) is 23.8. The fraction of sp³-hybridized carbons (Fsp3) is 0.759. The third kappa shape index (κ3) is 14.6. The molecule has 0 fully saturated rings. The molecule has 0 aliphatic carbocycles. The van der Waals surface area contributed by atoms with Gasteiger partial charge in [0.15, 0.2) is 0 Å². The molecule has 0 saturated heterocycles. The largest absolute Gasteiger partial charge is 0.326 e. The predicted molar refractivity (Wildman–Crippen MR) is 139 cm³/mol. The van der Waals surface area contributed by atoms with Crippen molar-refractivity contribution in [3.63, 3.8) is 0 Å². The second kappa shape index (κ2) is 17.5. The highest BCUT2D eigenvalue weighted by Gasteiger charge is 2.21. The van der Waals surface area contributed by atoms with Crippen LogP contribution < -0.4 is 5.32 Å². The molecule has 31 heavy (non-hydrogen) atoms. The first-order chi connectivity index (χ1) is 14.6. The minimum absolute atomic E-state index is 0.310. The van der Waals surface area contributed by atoms with Crippen molar-refractivity contribution in [1.82, 2.24) is 5.32 Å². The highest BCUT2D eigenvalue weighted by molar-refractivity contribution is 5.78. The summed E-state index contributed by atoms with van der Waals surface area (Å²) >= 11 is 0. The lowest BCUT2D eigenvalue weighted by atomic mass is 9.87. The van der Waals surface area contributed by atoms with Crippen molar-refractivity contribution in [3.05, 3.63) is 36.6 Å². The van der Waals surface area contributed by atoms with Crippen LogP contribution in [0.1, 0.15) is 113 Å². The summed E-state index contributed by atoms with van der Waals surface area (Å²) in [6.07, 6.45) is 16.3. The van der Waals surface area contributed by atoms with E-state index in [1.165, 1.54) is 37.2 Å². The van der Waals surface area contributed by atoms with Crippen LogP contribution in [0.15, 0.2) is 24.3 Å². The Morgan fingerprint density at radius 3 is 2.39 bits per heavy atom. The van der Waals surface area contributed by atoms with Gasteiger partial charge in [0.05, 0.1) is 0 Å². The van der Waals surface area contributed by atoms with Crippen LogP contribution in [0.3, 0.4) is 0 Å². The van der Waals surface area contributed by atoms with E-state index in [9.17, 15) is 4.79 Å². The molecule has 1 N–H and O–H groups in total. The summed E-state index contributed by atoms with van der Waals surface area (Å²) < 4.78 is 0. The van der Waals surface area contributed by atoms with E-state index in [0.29, 0.717) is 48.5 Å². The van der Waals surface area contributed by atoms with Gasteiger partial charge in [-0.05, 0) is 31.6 Å². The minimum Gasteiger partial charge on any atom is -0.326 e. The van der Waals surface area contributed by atoms with E-state index in [1.807, 2.05) is 6.92 Å². The summed E-state index contributed by atoms with van der Waals surface area (Å²) in [6.45, 7) is 22.0. The topological polar surface area (TPSA) is 29.1 Å². The molecule has 0 amide bonds. The van der Waals surface area contributed by atoms with Gasteiger partial charge in [-0.2, -0.15) is 36.5 Å². The van der Waals surface area contributed by atoms with Crippen LogP contribution >= 0.6 is 0 Å². The molecular weight excluding hydrogens is 378 g/mol. The van der Waals surface area contributed by atoms with Crippen LogP contribution in [0, 0.1) is 30.1 Å². The fourth-order valence-electron chi connectivity index (χ4n) is 4.30. The molecule has 182 valence electrons. The maximum Gasteiger partial charge on any atom is 0.134 e. The third-order valence-corrected chi connectivity index (χ3v) is 6.63. The maximum absolute atomic E-state index is 12.0. The molecule has 0 aromatic carbocycles. The Morgan fingerprint density at radius 1 is 1.13 bits per heavy atom. The van der Waals surface area contributed by atoms with E-state index in [0.717, 1.165) is 19.3 Å². The summed E-state index contributed by atoms with van der Waals surface area (Å²) in [5.74, 6) is 3.66. The smallest absolute Gasteiger partial charge is 0.134 e. The molecule has 0 rings (SSSR count). The Morgan fingerprint density at radius 2 is 1.81 bits per heavy atom. The molecule has 0 aromatic rings. The first kappa shape index (κ1) is 30.0. The summed E-state index contributed by atoms with van der Waals surface area (Å²) in [5.41, 5.74) is 1.18. The van der Waals surface area contributed by atoms with Gasteiger partial charge in [-0.25, -0.2) is 0 Å². The number of allylic oxidation sites excluding steroid dienone is 3. The summed E-state index contributed by atoms with van der Waals surface area (Å²) in [5, 5.41) is 3.78. The van der Waals surface area contributed by atoms with Gasteiger partial charge in [-0.15, -0.1) is 6.08 Å². The van der Waals surface area contributed by atoms with E-state index >= 15 is 0 Å². The van der Waals surface area contributed by atoms with Gasteiger partial charge >= 0.3 is 0 Å². The monoisotopic (exact) mass is 431 g/mol. The number of rotatable bonds is 19. The number of nitrogens with one attached hydrogen (secondary N) is 1. The van der Waals surface area contributed by atoms with Gasteiger partial charge in [0, 0.05) is 24.9 Å². The summed E-state index contributed by atoms with van der Waals surface area (Å²) in [6, 6.07) is 0.760. The minimum atomic E-state index is 0.310. The first-order valence-corrected chi connectivity index (χ1v) is 12.9. The number of carbonyl (C=O) groups is 1. The van der Waals surface area contributed by atoms with Gasteiger partial charge < -0.3 is 11.7 Å². The van der Waals surface area contributed by atoms with Crippen LogP contribution in [0.2, 0.25) is 0 Å². The summed E-state index contributed by atoms with van der Waals surface area (Å²) in [7, 11) is 0. The van der Waals surface area contributed by atoms with Crippen LogP contribution in [0.5, 0.6) is 0 Å². The SMILES string of the molecule is C=C(C=CCC)[C-](C)CCC[CH-]C(C)CC(C)CC(C)NC(CC(=O)CC)C(C)CC. The average molecular weight is 432 g/mol. The molecule has 5 unspecified atom stereocenters. The van der Waals surface area contributed by atoms with Gasteiger partial charge in [0.25, 0.3) is 0 Å². The number of ketones is 1. The lowest BCUT2D eigenvalue weighted by Gasteiger charge is -2.31. The van der Waals surface area contributed by atoms with Gasteiger partial charge in [-0.1, -0.05) is 74.1 Å². The zero-order valence-corrected chi connectivity index (χ0v) is 22.1. The van der Waals surface area contributed by atoms with Crippen molar-refractivity contribution < 1.29 is 4.79 Å². The normalized spacial score (nSPS) is 16.6. The molecular formula is C29H53NO-2. The van der Waals surface area contributed by atoms with Crippen molar-refractivity contribution in [3.8, 4) is 0 Å². The molecule has 0 aliphatic heterocycles. The van der Waals surface area contributed by atoms with Gasteiger partial charge in [-0.3, -0.25) is 4.79 Å². The Hall–Kier alpha value is -1.02. The molecule has 0 radical (unpaired) electrons. The zero-order valence-electron chi connectivity index (χ0n) is 22.1. The highest BCUT2D eigenvalue weighted by Crippen LogP contribution is 2.24. The number of carbonyl (C=O) groups excluding carboxylic acids is 1. The van der Waals surface area contributed by atoms with Crippen molar-refractivity contribution in [2.45, 2.75) is 125 Å². The standard InChI is InChI=1S/C29H53NO/c1-10-13-17-25(7)26(8)18-15-14-16-22(4)19-23(5)20-27(9)30-29(24(6)11-2)21-28(31)12-3/h13,16-17,22-24,27,29-30H,7,10-12,14-15,18-21H2,1-6,8-9H3/q-2. The molecule has 0 bridgehead atoms. The molecule has 0 aliphatic rings.